The second-order valence-electron chi connectivity index (χ2n) is 12.6. The molecule has 0 aromatic heterocycles. The number of rotatable bonds is 9. The molecule has 206 valence electrons. The predicted octanol–water partition coefficient (Wildman–Crippen LogP) is 6.96. The Morgan fingerprint density at radius 1 is 0.925 bits per heavy atom. The van der Waals surface area contributed by atoms with Crippen LogP contribution in [-0.2, 0) is 23.2 Å². The molecule has 0 N–H and O–H groups in total. The van der Waals surface area contributed by atoms with Crippen molar-refractivity contribution in [2.75, 3.05) is 19.7 Å². The molecule has 0 amide bonds. The zero-order chi connectivity index (χ0) is 26.6. The molecule has 3 aliphatic carbocycles. The molecule has 0 radical (unpaired) electrons. The van der Waals surface area contributed by atoms with Gasteiger partial charge in [-0.3, -0.25) is 4.90 Å². The van der Waals surface area contributed by atoms with Crippen LogP contribution in [-0.4, -0.2) is 42.3 Å². The maximum Gasteiger partial charge on any atom is 0.165 e. The minimum atomic E-state index is -0.236. The van der Waals surface area contributed by atoms with Crippen LogP contribution in [0.5, 0.6) is 11.5 Å². The molecule has 5 aliphatic rings. The molecular formula is C36H39NO3. The average Bonchev–Trinajstić information content (AvgIpc) is 3.75. The first kappa shape index (κ1) is 24.7. The summed E-state index contributed by atoms with van der Waals surface area (Å²) in [6.07, 6.45) is 12.8. The number of ether oxygens (including phenoxy) is 3. The third-order valence-corrected chi connectivity index (χ3v) is 10.4. The summed E-state index contributed by atoms with van der Waals surface area (Å²) in [5.74, 6) is 2.76. The minimum Gasteiger partial charge on any atom is -0.485 e. The molecule has 40 heavy (non-hydrogen) atoms. The summed E-state index contributed by atoms with van der Waals surface area (Å²) >= 11 is 0. The Bertz CT molecular complexity index is 1400. The smallest absolute Gasteiger partial charge is 0.165 e. The topological polar surface area (TPSA) is 30.9 Å². The summed E-state index contributed by atoms with van der Waals surface area (Å²) in [5.41, 5.74) is 4.93. The zero-order valence-corrected chi connectivity index (χ0v) is 23.3. The van der Waals surface area contributed by atoms with Crippen molar-refractivity contribution in [3.05, 3.63) is 101 Å². The normalized spacial score (nSPS) is 30.2. The van der Waals surface area contributed by atoms with Crippen LogP contribution >= 0.6 is 0 Å². The number of benzene rings is 3. The first-order chi connectivity index (χ1) is 19.8. The van der Waals surface area contributed by atoms with Crippen molar-refractivity contribution < 1.29 is 14.2 Å². The summed E-state index contributed by atoms with van der Waals surface area (Å²) in [6, 6.07) is 25.9. The van der Waals surface area contributed by atoms with Crippen LogP contribution < -0.4 is 9.47 Å². The van der Waals surface area contributed by atoms with E-state index in [0.717, 1.165) is 56.1 Å². The summed E-state index contributed by atoms with van der Waals surface area (Å²) in [5, 5.41) is 0. The summed E-state index contributed by atoms with van der Waals surface area (Å²) < 4.78 is 20.7. The lowest BCUT2D eigenvalue weighted by atomic mass is 9.49. The van der Waals surface area contributed by atoms with Gasteiger partial charge in [0.1, 0.15) is 12.7 Å². The first-order valence-corrected chi connectivity index (χ1v) is 15.4. The van der Waals surface area contributed by atoms with Crippen LogP contribution in [0, 0.1) is 5.92 Å². The second kappa shape index (κ2) is 9.78. The Kier molecular flexibility index (Phi) is 6.04. The molecule has 4 nitrogen and oxygen atoms in total. The maximum absolute atomic E-state index is 7.27. The van der Waals surface area contributed by atoms with E-state index in [9.17, 15) is 0 Å². The molecule has 2 saturated carbocycles. The lowest BCUT2D eigenvalue weighted by Crippen LogP contribution is -2.76. The highest BCUT2D eigenvalue weighted by Crippen LogP contribution is 2.67. The predicted molar refractivity (Wildman–Crippen MR) is 158 cm³/mol. The van der Waals surface area contributed by atoms with E-state index in [1.165, 1.54) is 41.6 Å². The van der Waals surface area contributed by atoms with Crippen molar-refractivity contribution in [3.63, 3.8) is 0 Å². The van der Waals surface area contributed by atoms with E-state index < -0.39 is 0 Å². The van der Waals surface area contributed by atoms with E-state index in [1.807, 2.05) is 0 Å². The lowest BCUT2D eigenvalue weighted by molar-refractivity contribution is -0.210. The largest absolute Gasteiger partial charge is 0.485 e. The van der Waals surface area contributed by atoms with E-state index in [1.54, 1.807) is 0 Å². The molecule has 4 heteroatoms. The van der Waals surface area contributed by atoms with Gasteiger partial charge in [0.05, 0.1) is 17.6 Å². The summed E-state index contributed by atoms with van der Waals surface area (Å²) in [7, 11) is 0. The van der Waals surface area contributed by atoms with Crippen molar-refractivity contribution in [1.82, 2.24) is 4.90 Å². The van der Waals surface area contributed by atoms with Crippen LogP contribution in [0.25, 0.3) is 6.08 Å². The Hall–Kier alpha value is -3.08. The number of hydrogen-bond acceptors (Lipinski definition) is 4. The van der Waals surface area contributed by atoms with Crippen molar-refractivity contribution in [2.45, 2.75) is 74.7 Å². The Morgan fingerprint density at radius 3 is 2.58 bits per heavy atom. The molecule has 2 heterocycles. The molecule has 8 rings (SSSR count). The van der Waals surface area contributed by atoms with Gasteiger partial charge in [0.25, 0.3) is 0 Å². The van der Waals surface area contributed by atoms with Crippen LogP contribution in [0.1, 0.15) is 60.8 Å². The van der Waals surface area contributed by atoms with E-state index in [-0.39, 0.29) is 17.1 Å². The molecule has 3 fully saturated rings. The highest BCUT2D eigenvalue weighted by Gasteiger charge is 2.72. The van der Waals surface area contributed by atoms with Crippen LogP contribution in [0.15, 0.2) is 78.9 Å². The fourth-order valence-corrected chi connectivity index (χ4v) is 8.52. The van der Waals surface area contributed by atoms with E-state index in [2.05, 4.69) is 89.8 Å². The second-order valence-corrected chi connectivity index (χ2v) is 12.6. The van der Waals surface area contributed by atoms with Crippen LogP contribution in [0.4, 0.5) is 0 Å². The van der Waals surface area contributed by atoms with Crippen molar-refractivity contribution in [2.24, 2.45) is 5.92 Å². The van der Waals surface area contributed by atoms with Crippen molar-refractivity contribution in [3.8, 4) is 11.5 Å². The molecule has 3 aromatic carbocycles. The van der Waals surface area contributed by atoms with Gasteiger partial charge >= 0.3 is 0 Å². The third-order valence-electron chi connectivity index (χ3n) is 10.4. The molecule has 4 atom stereocenters. The van der Waals surface area contributed by atoms with Gasteiger partial charge in [0.15, 0.2) is 11.5 Å². The Morgan fingerprint density at radius 2 is 1.75 bits per heavy atom. The van der Waals surface area contributed by atoms with Gasteiger partial charge in [0, 0.05) is 18.2 Å². The Labute approximate surface area is 237 Å². The minimum absolute atomic E-state index is 0.106. The SMILES string of the molecule is C(=Cc1ccccc1)CO[C@@]12CCCC3Oc4c(OCc5ccccc5)ccc5c4[C@@]31CCN(CC1CC1)[C@@H]2C5. The third kappa shape index (κ3) is 3.87. The molecule has 3 aromatic rings. The van der Waals surface area contributed by atoms with E-state index in [0.29, 0.717) is 19.3 Å². The number of piperidine rings is 1. The zero-order valence-electron chi connectivity index (χ0n) is 23.3. The highest BCUT2D eigenvalue weighted by atomic mass is 16.5. The Balaban J connectivity index is 1.17. The molecule has 1 spiro atoms. The maximum atomic E-state index is 7.27. The van der Waals surface area contributed by atoms with Crippen molar-refractivity contribution >= 4 is 6.08 Å². The molecule has 1 unspecified atom stereocenters. The van der Waals surface area contributed by atoms with E-state index in [4.69, 9.17) is 14.2 Å². The monoisotopic (exact) mass is 533 g/mol. The van der Waals surface area contributed by atoms with Crippen LogP contribution in [0.2, 0.25) is 0 Å². The summed E-state index contributed by atoms with van der Waals surface area (Å²) in [4.78, 5) is 2.81. The van der Waals surface area contributed by atoms with Gasteiger partial charge in [-0.25, -0.2) is 0 Å². The summed E-state index contributed by atoms with van der Waals surface area (Å²) in [6.45, 7) is 3.54. The van der Waals surface area contributed by atoms with Gasteiger partial charge in [-0.05, 0) is 80.2 Å². The van der Waals surface area contributed by atoms with Crippen molar-refractivity contribution in [1.29, 1.82) is 0 Å². The van der Waals surface area contributed by atoms with Gasteiger partial charge in [-0.1, -0.05) is 78.9 Å². The first-order valence-electron chi connectivity index (χ1n) is 15.4. The quantitative estimate of drug-likeness (QED) is 0.298. The number of likely N-dealkylation sites (tertiary alicyclic amines) is 1. The highest BCUT2D eigenvalue weighted by molar-refractivity contribution is 5.63. The fraction of sp³-hybridized carbons (Fsp3) is 0.444. The van der Waals surface area contributed by atoms with Gasteiger partial charge in [0.2, 0.25) is 0 Å². The lowest BCUT2D eigenvalue weighted by Gasteiger charge is -2.65. The molecule has 1 saturated heterocycles. The van der Waals surface area contributed by atoms with Gasteiger partial charge in [-0.15, -0.1) is 0 Å². The number of nitrogens with zero attached hydrogens (tertiary/aromatic N) is 1. The van der Waals surface area contributed by atoms with Gasteiger partial charge < -0.3 is 14.2 Å². The number of hydrogen-bond donors (Lipinski definition) is 0. The van der Waals surface area contributed by atoms with Crippen LogP contribution in [0.3, 0.4) is 0 Å². The molecule has 2 aliphatic heterocycles. The molecular weight excluding hydrogens is 494 g/mol. The van der Waals surface area contributed by atoms with E-state index >= 15 is 0 Å². The van der Waals surface area contributed by atoms with Gasteiger partial charge in [-0.2, -0.15) is 0 Å². The standard InChI is InChI=1S/C36H39NO3/c1-3-9-26(10-4-1)13-8-22-39-36-19-7-14-32-35(36)20-21-37(24-27-15-16-27)31(36)23-29-17-18-30(34(40-32)33(29)35)38-25-28-11-5-2-6-12-28/h1-6,8-13,17-18,27,31-32H,7,14-16,19-25H2/t31-,32?,35-,36-/m1/s1. The average molecular weight is 534 g/mol. The molecule has 2 bridgehead atoms. The fourth-order valence-electron chi connectivity index (χ4n) is 8.52.